The highest BCUT2D eigenvalue weighted by Crippen LogP contribution is 2.44. The third kappa shape index (κ3) is 21.3. The number of hydrogen-bond donors (Lipinski definition) is 0. The fourth-order valence-corrected chi connectivity index (χ4v) is 19.9. The van der Waals surface area contributed by atoms with Gasteiger partial charge in [0.1, 0.15) is 85.7 Å². The molecule has 9 aromatic carbocycles. The molecule has 574 valence electrons. The molecule has 0 saturated carbocycles. The SMILES string of the molecule is CC(=O)OC[C@@H]1O[C@@H](Sc2ccc(C)cc2)[C@H](OC(=O)c2ccccc2)[C@@H](OCc2ccccc2)[C@@H]1O[C@H]1O[C@H](CO[Si](c2ccccc2)(c2ccccc2)C(C)(C)C)[C@@H](O[C@@H]2O[C@H](COC(C)=O)[C@@H](OCc3ccccc3)[C@H](OCc3ccccc3)[C@H]2OCc2ccccc2)[C@H](OCc2ccc(Br)cc2)[C@H]1N=[N+]=[N-]. The number of benzene rings is 9. The second kappa shape index (κ2) is 39.5. The molecule has 3 fully saturated rings. The van der Waals surface area contributed by atoms with Gasteiger partial charge in [0.25, 0.3) is 8.32 Å². The van der Waals surface area contributed by atoms with Crippen molar-refractivity contribution in [3.8, 4) is 0 Å². The molecule has 0 aliphatic carbocycles. The fourth-order valence-electron chi connectivity index (χ4n) is 14.0. The molecule has 0 bridgehead atoms. The average molecular weight is 1590 g/mol. The molecule has 23 heteroatoms. The van der Waals surface area contributed by atoms with Gasteiger partial charge in [0.05, 0.1) is 45.2 Å². The van der Waals surface area contributed by atoms with Crippen LogP contribution in [0, 0.1) is 6.92 Å². The van der Waals surface area contributed by atoms with Gasteiger partial charge in [0.15, 0.2) is 18.7 Å². The summed E-state index contributed by atoms with van der Waals surface area (Å²) in [6, 6.07) is 81.2. The van der Waals surface area contributed by atoms with Crippen LogP contribution in [0.1, 0.15) is 78.4 Å². The number of carbonyl (C=O) groups excluding carboxylic acids is 3. The molecular weight excluding hydrogens is 1500 g/mol. The van der Waals surface area contributed by atoms with Crippen LogP contribution in [0.5, 0.6) is 0 Å². The Balaban J connectivity index is 1.04. The van der Waals surface area contributed by atoms with Gasteiger partial charge in [-0.3, -0.25) is 9.59 Å². The van der Waals surface area contributed by atoms with E-state index in [-0.39, 0.29) is 51.8 Å². The van der Waals surface area contributed by atoms with Crippen molar-refractivity contribution >= 4 is 64.3 Å². The van der Waals surface area contributed by atoms with Crippen molar-refractivity contribution in [2.45, 2.75) is 176 Å². The molecule has 0 spiro atoms. The lowest BCUT2D eigenvalue weighted by molar-refractivity contribution is -0.370. The average Bonchev–Trinajstić information content (AvgIpc) is 0.760. The van der Waals surface area contributed by atoms with E-state index in [0.717, 1.165) is 53.1 Å². The molecule has 3 saturated heterocycles. The fraction of sp³-hybridized carbons (Fsp3) is 0.345. The van der Waals surface area contributed by atoms with Crippen LogP contribution in [0.15, 0.2) is 275 Å². The minimum absolute atomic E-state index is 0.0276. The van der Waals surface area contributed by atoms with Crippen LogP contribution in [0.2, 0.25) is 5.04 Å². The first-order valence-corrected chi connectivity index (χ1v) is 40.4. The highest BCUT2D eigenvalue weighted by molar-refractivity contribution is 9.10. The molecule has 3 heterocycles. The number of hydrogen-bond acceptors (Lipinski definition) is 19. The van der Waals surface area contributed by atoms with E-state index in [4.69, 9.17) is 66.0 Å². The van der Waals surface area contributed by atoms with Crippen LogP contribution >= 0.6 is 27.7 Å². The number of rotatable bonds is 33. The molecule has 3 aliphatic rings. The first kappa shape index (κ1) is 80.8. The smallest absolute Gasteiger partial charge is 0.338 e. The van der Waals surface area contributed by atoms with Crippen molar-refractivity contribution in [1.82, 2.24) is 0 Å². The van der Waals surface area contributed by atoms with Gasteiger partial charge in [-0.2, -0.15) is 0 Å². The molecule has 0 aromatic heterocycles. The molecular formula is C87H92BrN3O17SSi. The van der Waals surface area contributed by atoms with Crippen molar-refractivity contribution in [1.29, 1.82) is 0 Å². The van der Waals surface area contributed by atoms with E-state index < -0.39 is 129 Å². The molecule has 0 N–H and O–H groups in total. The second-order valence-electron chi connectivity index (χ2n) is 28.2. The topological polar surface area (TPSA) is 229 Å². The predicted molar refractivity (Wildman–Crippen MR) is 421 cm³/mol. The summed E-state index contributed by atoms with van der Waals surface area (Å²) in [5.74, 6) is -1.88. The molecule has 0 radical (unpaired) electrons. The van der Waals surface area contributed by atoms with E-state index in [1.807, 2.05) is 213 Å². The van der Waals surface area contributed by atoms with Gasteiger partial charge >= 0.3 is 17.9 Å². The van der Waals surface area contributed by atoms with Gasteiger partial charge in [-0.1, -0.05) is 284 Å². The van der Waals surface area contributed by atoms with Crippen LogP contribution in [0.3, 0.4) is 0 Å². The summed E-state index contributed by atoms with van der Waals surface area (Å²) in [7, 11) is -3.57. The highest BCUT2D eigenvalue weighted by Gasteiger charge is 2.59. The Morgan fingerprint density at radius 1 is 0.455 bits per heavy atom. The molecule has 0 amide bonds. The summed E-state index contributed by atoms with van der Waals surface area (Å²) in [5, 5.41) is 5.93. The van der Waals surface area contributed by atoms with Crippen molar-refractivity contribution in [2.24, 2.45) is 5.11 Å². The number of ether oxygens (including phenoxy) is 13. The normalized spacial score (nSPS) is 24.1. The molecule has 3 aliphatic heterocycles. The predicted octanol–water partition coefficient (Wildman–Crippen LogP) is 15.3. The monoisotopic (exact) mass is 1590 g/mol. The van der Waals surface area contributed by atoms with Gasteiger partial charge in [0, 0.05) is 28.1 Å². The molecule has 110 heavy (non-hydrogen) atoms. The minimum Gasteiger partial charge on any atom is -0.463 e. The Labute approximate surface area is 656 Å². The van der Waals surface area contributed by atoms with Crippen LogP contribution < -0.4 is 10.4 Å². The van der Waals surface area contributed by atoms with Gasteiger partial charge < -0.3 is 66.0 Å². The Hall–Kier alpha value is -8.69. The zero-order valence-corrected chi connectivity index (χ0v) is 65.6. The number of esters is 3. The van der Waals surface area contributed by atoms with Crippen molar-refractivity contribution in [3.05, 3.63) is 315 Å². The van der Waals surface area contributed by atoms with Crippen LogP contribution in [-0.2, 0) is 109 Å². The van der Waals surface area contributed by atoms with Gasteiger partial charge in [-0.15, -0.1) is 0 Å². The molecule has 12 rings (SSSR count). The Morgan fingerprint density at radius 3 is 1.32 bits per heavy atom. The van der Waals surface area contributed by atoms with E-state index in [1.165, 1.54) is 25.6 Å². The summed E-state index contributed by atoms with van der Waals surface area (Å²) in [6.07, 6.45) is -16.7. The second-order valence-corrected chi connectivity index (χ2v) is 34.6. The molecule has 0 unspecified atom stereocenters. The third-order valence-electron chi connectivity index (χ3n) is 19.4. The van der Waals surface area contributed by atoms with E-state index in [1.54, 1.807) is 30.3 Å². The van der Waals surface area contributed by atoms with Gasteiger partial charge in [-0.05, 0) is 92.1 Å². The highest BCUT2D eigenvalue weighted by atomic mass is 79.9. The molecule has 20 nitrogen and oxygen atoms in total. The van der Waals surface area contributed by atoms with E-state index in [9.17, 15) is 19.9 Å². The van der Waals surface area contributed by atoms with E-state index in [2.05, 4.69) is 71.0 Å². The first-order chi connectivity index (χ1) is 53.5. The Bertz CT molecular complexity index is 4340. The van der Waals surface area contributed by atoms with Gasteiger partial charge in [-0.25, -0.2) is 4.79 Å². The number of azide groups is 1. The quantitative estimate of drug-likeness (QED) is 0.00929. The van der Waals surface area contributed by atoms with E-state index >= 15 is 0 Å². The Morgan fingerprint density at radius 2 is 0.845 bits per heavy atom. The summed E-state index contributed by atoms with van der Waals surface area (Å²) in [5.41, 5.74) is 15.5. The lowest BCUT2D eigenvalue weighted by Gasteiger charge is -2.52. The summed E-state index contributed by atoms with van der Waals surface area (Å²) >= 11 is 4.91. The number of nitrogens with zero attached hydrogens (tertiary/aromatic N) is 3. The molecule has 9 aromatic rings. The van der Waals surface area contributed by atoms with Crippen LogP contribution in [-0.4, -0.2) is 137 Å². The molecule has 15 atom stereocenters. The third-order valence-corrected chi connectivity index (χ3v) is 26.1. The zero-order chi connectivity index (χ0) is 76.8. The van der Waals surface area contributed by atoms with Crippen LogP contribution in [0.4, 0.5) is 0 Å². The number of aryl methyl sites for hydroxylation is 1. The zero-order valence-electron chi connectivity index (χ0n) is 62.2. The maximum absolute atomic E-state index is 14.8. The number of thioether (sulfide) groups is 1. The van der Waals surface area contributed by atoms with Crippen LogP contribution in [0.25, 0.3) is 10.4 Å². The first-order valence-electron chi connectivity index (χ1n) is 36.8. The number of halogens is 1. The standard InChI is InChI=1S/C87H92BrN3O17SSi/c1-58-42-48-68(49-43-58)109-86-82(106-83(94)66-36-22-11-23-37-66)80(100-52-63-32-18-9-19-33-63)77(72(105-86)56-96-60(3)93)107-84-74(90-91-89)78(98-54-65-44-46-67(88)47-45-65)76(73(103-84)57-102-110(87(4,5)6,69-38-24-12-25-39-69)70-40-26-13-27-41-70)108-85-81(101-53-64-34-20-10-21-35-64)79(99-51-62-30-16-8-17-31-62)75(71(104-85)55-95-59(2)92)97-50-61-28-14-7-15-29-61/h7-49,71-82,84-86H,50-57H2,1-6H3/t71-,72+,73-,74-,75-,76-,77-,78-,79+,80+,81-,82-,84-,85+,86+/m1/s1. The maximum atomic E-state index is 14.8. The van der Waals surface area contributed by atoms with Crippen molar-refractivity contribution in [3.63, 3.8) is 0 Å². The summed E-state index contributed by atoms with van der Waals surface area (Å²) in [4.78, 5) is 45.6. The lowest BCUT2D eigenvalue weighted by Crippen LogP contribution is -2.70. The summed E-state index contributed by atoms with van der Waals surface area (Å²) in [6.45, 7) is 10.2. The van der Waals surface area contributed by atoms with E-state index in [0.29, 0.717) is 0 Å². The van der Waals surface area contributed by atoms with Crippen molar-refractivity contribution < 1.29 is 80.4 Å². The Kier molecular flexibility index (Phi) is 29.0. The lowest BCUT2D eigenvalue weighted by atomic mass is 9.94. The van der Waals surface area contributed by atoms with Crippen molar-refractivity contribution in [2.75, 3.05) is 19.8 Å². The maximum Gasteiger partial charge on any atom is 0.338 e. The van der Waals surface area contributed by atoms with Gasteiger partial charge in [0.2, 0.25) is 0 Å². The number of carbonyl (C=O) groups is 3. The largest absolute Gasteiger partial charge is 0.463 e. The minimum atomic E-state index is -3.57. The summed E-state index contributed by atoms with van der Waals surface area (Å²) < 4.78 is 101.